The first-order valence-electron chi connectivity index (χ1n) is 36.2. The zero-order valence-electron chi connectivity index (χ0n) is 65.9. The Balaban J connectivity index is -0.0000000619. The lowest BCUT2D eigenvalue weighted by molar-refractivity contribution is -0.00100. The zero-order chi connectivity index (χ0) is 70.6. The van der Waals surface area contributed by atoms with E-state index >= 15 is 0 Å². The van der Waals surface area contributed by atoms with E-state index in [1.54, 1.807) is 0 Å². The van der Waals surface area contributed by atoms with Crippen molar-refractivity contribution in [2.45, 2.75) is 235 Å². The van der Waals surface area contributed by atoms with Crippen molar-refractivity contribution in [2.24, 2.45) is 0 Å². The van der Waals surface area contributed by atoms with E-state index in [2.05, 4.69) is 64.0 Å². The molecular weight excluding hydrogens is 1700 g/mol. The molecule has 31 heteroatoms. The SMILES string of the molecule is CCC(O)CN(C)C.CCC(O)CN(C)CC.CCC(O)CN(C)CCO.CCC(O)CN(CC)CC.CCC(O)CN(CCO)CCO.CCC(O)CN1CCCC1.CCC(O)CN1CCCCC1.CCC(O)CN1CCOCC1.CCCCN(CC)CCO.[Br-].[Br-].[Br-].[Br-].[Br-].[Cl-].[Cl-].[Cl-].[Cl-]. The third-order valence-corrected chi connectivity index (χ3v) is 15.9. The molecule has 8 unspecified atom stereocenters. The van der Waals surface area contributed by atoms with Gasteiger partial charge in [-0.2, -0.15) is 0 Å². The molecule has 0 bridgehead atoms. The molecule has 22 nitrogen and oxygen atoms in total. The molecule has 0 aliphatic carbocycles. The lowest BCUT2D eigenvalue weighted by atomic mass is 10.1. The summed E-state index contributed by atoms with van der Waals surface area (Å²) in [4.78, 5) is 19.3. The number of unbranched alkanes of at least 4 members (excludes halogenated alkanes) is 1. The highest BCUT2D eigenvalue weighted by atomic mass is 79.9. The quantitative estimate of drug-likeness (QED) is 0.0272. The van der Waals surface area contributed by atoms with Crippen LogP contribution in [0, 0.1) is 0 Å². The van der Waals surface area contributed by atoms with Crippen LogP contribution in [0.15, 0.2) is 0 Å². The minimum absolute atomic E-state index is 0. The maximum absolute atomic E-state index is 9.37. The second kappa shape index (κ2) is 106. The number of ether oxygens (including phenoxy) is 1. The molecule has 0 aromatic heterocycles. The van der Waals surface area contributed by atoms with Crippen LogP contribution in [0.3, 0.4) is 0 Å². The fourth-order valence-corrected chi connectivity index (χ4v) is 8.96. The Morgan fingerprint density at radius 3 is 0.870 bits per heavy atom. The molecule has 3 rings (SSSR count). The number of β-amino-alcohol motifs (C(OH)–C–C–N with tert-alkyl or cyclic N) is 3. The van der Waals surface area contributed by atoms with E-state index in [0.29, 0.717) is 39.1 Å². The van der Waals surface area contributed by atoms with E-state index in [0.717, 1.165) is 150 Å². The van der Waals surface area contributed by atoms with E-state index in [1.165, 1.54) is 71.1 Å². The van der Waals surface area contributed by atoms with E-state index in [-0.39, 0.29) is 210 Å². The Labute approximate surface area is 692 Å². The van der Waals surface area contributed by atoms with Gasteiger partial charge in [-0.1, -0.05) is 103 Å². The van der Waals surface area contributed by atoms with Crippen LogP contribution in [0.25, 0.3) is 0 Å². The second-order valence-electron chi connectivity index (χ2n) is 24.6. The highest BCUT2D eigenvalue weighted by Crippen LogP contribution is 2.10. The van der Waals surface area contributed by atoms with Crippen molar-refractivity contribution < 1.29 is 201 Å². The van der Waals surface area contributed by atoms with Crippen LogP contribution in [-0.4, -0.2) is 373 Å². The molecule has 0 saturated carbocycles. The summed E-state index contributed by atoms with van der Waals surface area (Å²) in [5.74, 6) is 0. The third-order valence-electron chi connectivity index (χ3n) is 15.9. The molecule has 3 fully saturated rings. The van der Waals surface area contributed by atoms with Crippen LogP contribution in [0.4, 0.5) is 0 Å². The molecule has 3 heterocycles. The Morgan fingerprint density at radius 2 is 0.590 bits per heavy atom. The lowest BCUT2D eigenvalue weighted by Gasteiger charge is -2.28. The number of piperidine rings is 1. The largest absolute Gasteiger partial charge is 1.00 e. The molecule has 8 atom stereocenters. The van der Waals surface area contributed by atoms with Gasteiger partial charge >= 0.3 is 0 Å². The number of rotatable bonds is 39. The Kier molecular flexibility index (Phi) is 146. The fraction of sp³-hybridized carbons (Fsp3) is 1.00. The van der Waals surface area contributed by atoms with Crippen molar-refractivity contribution in [3.63, 3.8) is 0 Å². The van der Waals surface area contributed by atoms with E-state index in [4.69, 9.17) is 40.5 Å². The number of likely N-dealkylation sites (tertiary alicyclic amines) is 2. The van der Waals surface area contributed by atoms with Gasteiger partial charge in [-0.25, -0.2) is 0 Å². The standard InChI is InChI=1S/C9H19NO.C8H19NO3.C8H17NO2.C8H17NO.2C8H19NO.C7H17NO2.C7H17NO.C6H15NO.5BrH.4ClH/c1-2-9(11)8-10-6-4-3-5-7-10;1-2-8(12)7-9(3-5-10)4-6-11;1-2-8(10)7-9-3-5-11-6-4-9;1-2-8(10)7-9-5-3-4-6-9;1-4-8(10)7-9(5-2)6-3;1-3-5-6-9(4-2)7-8-10;1-3-7(10)6-8(2)4-5-9;1-4-7(9)6-8(3)5-2;1-4-6(8)5-7(2)3;;;;;;;;;/h9,11H,2-8H2,1H3;8,10-12H,2-7H2,1H3;8,10H,2-7H2,1H3;8,10H,2-7H2,1H3;8,10H,4-7H2,1-3H3;10H,3-8H2,1-2H3;7,9-10H,3-6H2,1-2H3;7,9H,4-6H2,1-3H3;6,8H,4-5H2,1-3H3;9*1H/p-9. The van der Waals surface area contributed by atoms with Crippen LogP contribution in [0.2, 0.25) is 0 Å². The Morgan fingerprint density at radius 1 is 0.310 bits per heavy atom. The fourth-order valence-electron chi connectivity index (χ4n) is 8.96. The van der Waals surface area contributed by atoms with Gasteiger partial charge < -0.3 is 235 Å². The average Bonchev–Trinajstić information content (AvgIpc) is 2.10. The van der Waals surface area contributed by atoms with Crippen molar-refractivity contribution in [3.8, 4) is 0 Å². The maximum Gasteiger partial charge on any atom is 0.0664 e. The second-order valence-corrected chi connectivity index (χ2v) is 24.6. The minimum Gasteiger partial charge on any atom is -1.00 e. The monoisotopic (exact) mass is 1860 g/mol. The molecule has 0 aromatic carbocycles. The molecule has 3 saturated heterocycles. The van der Waals surface area contributed by atoms with Crippen LogP contribution in [0.5, 0.6) is 0 Å². The van der Waals surface area contributed by atoms with Crippen molar-refractivity contribution in [2.75, 3.05) is 218 Å². The molecule has 0 radical (unpaired) electrons. The third kappa shape index (κ3) is 105. The first kappa shape index (κ1) is 138. The number of aliphatic hydroxyl groups is 12. The highest BCUT2D eigenvalue weighted by molar-refractivity contribution is 4.71. The highest BCUT2D eigenvalue weighted by Gasteiger charge is 2.16. The van der Waals surface area contributed by atoms with E-state index < -0.39 is 0 Å². The molecule has 12 N–H and O–H groups in total. The van der Waals surface area contributed by atoms with Crippen molar-refractivity contribution in [1.29, 1.82) is 0 Å². The lowest BCUT2D eigenvalue weighted by Crippen LogP contribution is -3.00. The van der Waals surface area contributed by atoms with Crippen molar-refractivity contribution >= 4 is 0 Å². The summed E-state index contributed by atoms with van der Waals surface area (Å²) < 4.78 is 5.19. The van der Waals surface area contributed by atoms with Crippen LogP contribution in [-0.2, 0) is 4.74 Å². The predicted octanol–water partition coefficient (Wildman–Crippen LogP) is -22.8. The van der Waals surface area contributed by atoms with Crippen LogP contribution in [0.1, 0.15) is 186 Å². The number of hydrogen-bond donors (Lipinski definition) is 12. The maximum atomic E-state index is 9.37. The van der Waals surface area contributed by atoms with Gasteiger partial charge in [0.25, 0.3) is 0 Å². The molecular formula is C69H159Br5Cl4N9O13-9. The van der Waals surface area contributed by atoms with Gasteiger partial charge in [0.15, 0.2) is 0 Å². The van der Waals surface area contributed by atoms with Crippen molar-refractivity contribution in [1.82, 2.24) is 44.1 Å². The number of aliphatic hydroxyl groups excluding tert-OH is 12. The zero-order valence-corrected chi connectivity index (χ0v) is 76.9. The smallest absolute Gasteiger partial charge is 0.0664 e. The number of nitrogens with zero attached hydrogens (tertiary/aromatic N) is 9. The van der Waals surface area contributed by atoms with Gasteiger partial charge in [-0.05, 0) is 171 Å². The first-order chi connectivity index (χ1) is 43.4. The molecule has 0 aromatic rings. The number of likely N-dealkylation sites (N-methyl/N-ethyl adjacent to an activating group) is 5. The number of halogens is 9. The van der Waals surface area contributed by atoms with Gasteiger partial charge in [0.2, 0.25) is 0 Å². The molecule has 100 heavy (non-hydrogen) atoms. The molecule has 0 spiro atoms. The molecule has 0 amide bonds. The van der Waals surface area contributed by atoms with E-state index in [1.807, 2.05) is 98.3 Å². The number of morpholine rings is 1. The van der Waals surface area contributed by atoms with Gasteiger partial charge in [-0.15, -0.1) is 0 Å². The van der Waals surface area contributed by atoms with Gasteiger partial charge in [0, 0.05) is 91.6 Å². The summed E-state index contributed by atoms with van der Waals surface area (Å²) in [5, 5.41) is 108. The van der Waals surface area contributed by atoms with E-state index in [9.17, 15) is 25.5 Å². The summed E-state index contributed by atoms with van der Waals surface area (Å²) >= 11 is 0. The summed E-state index contributed by atoms with van der Waals surface area (Å²) in [5.41, 5.74) is 0. The van der Waals surface area contributed by atoms with Gasteiger partial charge in [-0.3, -0.25) is 9.80 Å². The predicted molar refractivity (Wildman–Crippen MR) is 382 cm³/mol. The average molecular weight is 1860 g/mol. The van der Waals surface area contributed by atoms with Crippen LogP contribution >= 0.6 is 0 Å². The summed E-state index contributed by atoms with van der Waals surface area (Å²) in [6.45, 7) is 49.4. The van der Waals surface area contributed by atoms with Gasteiger partial charge in [0.05, 0.1) is 88.5 Å². The van der Waals surface area contributed by atoms with Crippen LogP contribution < -0.4 is 135 Å². The Bertz CT molecular complexity index is 1330. The Hall–Kier alpha value is 2.68. The normalized spacial score (nSPS) is 15.5. The topological polar surface area (TPSA) is 281 Å². The molecule has 630 valence electrons. The summed E-state index contributed by atoms with van der Waals surface area (Å²) in [7, 11) is 7.81. The summed E-state index contributed by atoms with van der Waals surface area (Å²) in [6, 6.07) is 0. The minimum atomic E-state index is -0.358. The first-order valence-corrected chi connectivity index (χ1v) is 36.2. The molecule has 3 aliphatic rings. The van der Waals surface area contributed by atoms with Crippen molar-refractivity contribution in [3.05, 3.63) is 0 Å². The van der Waals surface area contributed by atoms with Gasteiger partial charge in [0.1, 0.15) is 0 Å². The molecule has 3 aliphatic heterocycles. The summed E-state index contributed by atoms with van der Waals surface area (Å²) in [6.07, 6.45) is 14.4. The number of hydrogen-bond acceptors (Lipinski definition) is 22.